The minimum absolute atomic E-state index is 0.402. The number of ether oxygens (including phenoxy) is 1. The summed E-state index contributed by atoms with van der Waals surface area (Å²) in [4.78, 5) is 5.48. The van der Waals surface area contributed by atoms with Crippen LogP contribution in [0.15, 0.2) is 24.3 Å². The minimum Gasteiger partial charge on any atom is -0.497 e. The van der Waals surface area contributed by atoms with Crippen LogP contribution in [0.25, 0.3) is 0 Å². The molecule has 1 aromatic heterocycles. The lowest BCUT2D eigenvalue weighted by atomic mass is 9.78. The van der Waals surface area contributed by atoms with Gasteiger partial charge in [-0.25, -0.2) is 4.98 Å². The van der Waals surface area contributed by atoms with Gasteiger partial charge in [-0.3, -0.25) is 0 Å². The minimum atomic E-state index is -0.402. The Kier molecular flexibility index (Phi) is 3.20. The number of nitriles is 1. The van der Waals surface area contributed by atoms with Crippen molar-refractivity contribution in [2.75, 3.05) is 7.11 Å². The van der Waals surface area contributed by atoms with Gasteiger partial charge in [0.1, 0.15) is 11.8 Å². The van der Waals surface area contributed by atoms with Gasteiger partial charge in [0, 0.05) is 16.8 Å². The zero-order chi connectivity index (χ0) is 14.2. The molecule has 1 aromatic carbocycles. The maximum absolute atomic E-state index is 8.95. The van der Waals surface area contributed by atoms with Crippen molar-refractivity contribution in [3.63, 3.8) is 0 Å². The predicted octanol–water partition coefficient (Wildman–Crippen LogP) is 2.37. The second-order valence-corrected chi connectivity index (χ2v) is 6.15. The summed E-state index contributed by atoms with van der Waals surface area (Å²) in [5, 5.41) is 9.48. The van der Waals surface area contributed by atoms with Crippen molar-refractivity contribution in [1.29, 1.82) is 5.26 Å². The van der Waals surface area contributed by atoms with Crippen LogP contribution in [-0.4, -0.2) is 12.1 Å². The Morgan fingerprint density at radius 1 is 1.50 bits per heavy atom. The molecule has 2 aromatic rings. The van der Waals surface area contributed by atoms with E-state index in [1.807, 2.05) is 24.3 Å². The molecule has 1 unspecified atom stereocenters. The average molecular weight is 285 g/mol. The predicted molar refractivity (Wildman–Crippen MR) is 77.7 cm³/mol. The van der Waals surface area contributed by atoms with Crippen LogP contribution in [-0.2, 0) is 18.4 Å². The highest BCUT2D eigenvalue weighted by atomic mass is 32.1. The summed E-state index contributed by atoms with van der Waals surface area (Å²) < 4.78 is 5.27. The molecule has 0 fully saturated rings. The second kappa shape index (κ2) is 4.89. The highest BCUT2D eigenvalue weighted by molar-refractivity contribution is 7.12. The Labute approximate surface area is 121 Å². The maximum atomic E-state index is 8.95. The molecule has 20 heavy (non-hydrogen) atoms. The number of nitrogens with zero attached hydrogens (tertiary/aromatic N) is 2. The van der Waals surface area contributed by atoms with Crippen LogP contribution in [0.3, 0.4) is 0 Å². The van der Waals surface area contributed by atoms with Crippen molar-refractivity contribution in [2.45, 2.75) is 24.8 Å². The van der Waals surface area contributed by atoms with Crippen LogP contribution in [0.5, 0.6) is 5.75 Å². The highest BCUT2D eigenvalue weighted by Crippen LogP contribution is 2.37. The molecular weight excluding hydrogens is 270 g/mol. The largest absolute Gasteiger partial charge is 0.497 e. The first-order valence-electron chi connectivity index (χ1n) is 6.47. The van der Waals surface area contributed by atoms with Gasteiger partial charge in [-0.05, 0) is 30.5 Å². The normalized spacial score (nSPS) is 21.1. The van der Waals surface area contributed by atoms with Crippen LogP contribution in [0.1, 0.15) is 27.6 Å². The van der Waals surface area contributed by atoms with Crippen molar-refractivity contribution in [1.82, 2.24) is 4.98 Å². The van der Waals surface area contributed by atoms with E-state index in [0.717, 1.165) is 41.1 Å². The zero-order valence-electron chi connectivity index (χ0n) is 11.2. The van der Waals surface area contributed by atoms with Gasteiger partial charge in [0.25, 0.3) is 0 Å². The number of benzene rings is 1. The van der Waals surface area contributed by atoms with Crippen LogP contribution >= 0.6 is 11.3 Å². The average Bonchev–Trinajstić information content (AvgIpc) is 2.89. The standard InChI is InChI=1S/C15H15N3OS/c1-19-11-4-2-3-10(7-11)15(17)6-5-12-13(8-15)20-14(9-16)18-12/h2-4,7H,5-6,8,17H2,1H3. The molecule has 3 rings (SSSR count). The van der Waals surface area contributed by atoms with E-state index in [9.17, 15) is 0 Å². The lowest BCUT2D eigenvalue weighted by Crippen LogP contribution is -2.41. The van der Waals surface area contributed by atoms with Gasteiger partial charge < -0.3 is 10.5 Å². The molecule has 1 heterocycles. The van der Waals surface area contributed by atoms with Crippen molar-refractivity contribution in [3.05, 3.63) is 45.4 Å². The van der Waals surface area contributed by atoms with E-state index in [4.69, 9.17) is 15.7 Å². The zero-order valence-corrected chi connectivity index (χ0v) is 12.0. The van der Waals surface area contributed by atoms with Crippen LogP contribution in [0.4, 0.5) is 0 Å². The summed E-state index contributed by atoms with van der Waals surface area (Å²) in [6, 6.07) is 10.0. The van der Waals surface area contributed by atoms with Gasteiger partial charge in [-0.2, -0.15) is 5.26 Å². The number of thiazole rings is 1. The number of aryl methyl sites for hydroxylation is 1. The summed E-state index contributed by atoms with van der Waals surface area (Å²) in [7, 11) is 1.66. The molecule has 0 amide bonds. The Bertz CT molecular complexity index is 689. The third kappa shape index (κ3) is 2.17. The fourth-order valence-electron chi connectivity index (χ4n) is 2.66. The van der Waals surface area contributed by atoms with Gasteiger partial charge in [-0.1, -0.05) is 12.1 Å². The summed E-state index contributed by atoms with van der Waals surface area (Å²) in [5.41, 5.74) is 8.32. The molecular formula is C15H15N3OS. The SMILES string of the molecule is COc1cccc(C2(N)CCc3nc(C#N)sc3C2)c1. The molecule has 0 aliphatic heterocycles. The maximum Gasteiger partial charge on any atom is 0.194 e. The quantitative estimate of drug-likeness (QED) is 0.919. The first-order chi connectivity index (χ1) is 9.64. The third-order valence-corrected chi connectivity index (χ3v) is 4.80. The van der Waals surface area contributed by atoms with Crippen LogP contribution in [0.2, 0.25) is 0 Å². The van der Waals surface area contributed by atoms with Gasteiger partial charge in [0.05, 0.1) is 12.8 Å². The Morgan fingerprint density at radius 3 is 3.10 bits per heavy atom. The van der Waals surface area contributed by atoms with E-state index < -0.39 is 5.54 Å². The molecule has 102 valence electrons. The van der Waals surface area contributed by atoms with Crippen LogP contribution in [0, 0.1) is 11.3 Å². The first-order valence-corrected chi connectivity index (χ1v) is 7.28. The molecule has 1 aliphatic carbocycles. The highest BCUT2D eigenvalue weighted by Gasteiger charge is 2.34. The molecule has 0 saturated carbocycles. The monoisotopic (exact) mass is 285 g/mol. The van der Waals surface area contributed by atoms with E-state index in [0.29, 0.717) is 5.01 Å². The Balaban J connectivity index is 1.96. The van der Waals surface area contributed by atoms with E-state index >= 15 is 0 Å². The van der Waals surface area contributed by atoms with E-state index in [1.165, 1.54) is 11.3 Å². The number of hydrogen-bond acceptors (Lipinski definition) is 5. The topological polar surface area (TPSA) is 71.9 Å². The summed E-state index contributed by atoms with van der Waals surface area (Å²) in [6.45, 7) is 0. The number of nitrogens with two attached hydrogens (primary N) is 1. The smallest absolute Gasteiger partial charge is 0.194 e. The van der Waals surface area contributed by atoms with Gasteiger partial charge >= 0.3 is 0 Å². The number of aromatic nitrogens is 1. The molecule has 4 nitrogen and oxygen atoms in total. The number of fused-ring (bicyclic) bond motifs is 1. The van der Waals surface area contributed by atoms with E-state index in [2.05, 4.69) is 11.1 Å². The van der Waals surface area contributed by atoms with E-state index in [-0.39, 0.29) is 0 Å². The van der Waals surface area contributed by atoms with Crippen molar-refractivity contribution in [3.8, 4) is 11.8 Å². The number of methoxy groups -OCH3 is 1. The van der Waals surface area contributed by atoms with Gasteiger partial charge in [-0.15, -0.1) is 11.3 Å². The molecule has 1 atom stereocenters. The third-order valence-electron chi connectivity index (χ3n) is 3.80. The first kappa shape index (κ1) is 13.1. The number of rotatable bonds is 2. The number of hydrogen-bond donors (Lipinski definition) is 1. The fourth-order valence-corrected chi connectivity index (χ4v) is 3.69. The molecule has 2 N–H and O–H groups in total. The molecule has 1 aliphatic rings. The summed E-state index contributed by atoms with van der Waals surface area (Å²) in [5.74, 6) is 0.820. The molecule has 0 radical (unpaired) electrons. The molecule has 0 saturated heterocycles. The van der Waals surface area contributed by atoms with Gasteiger partial charge in [0.2, 0.25) is 0 Å². The molecule has 0 spiro atoms. The summed E-state index contributed by atoms with van der Waals surface area (Å²) >= 11 is 1.46. The fraction of sp³-hybridized carbons (Fsp3) is 0.333. The van der Waals surface area contributed by atoms with Crippen LogP contribution < -0.4 is 10.5 Å². The van der Waals surface area contributed by atoms with E-state index in [1.54, 1.807) is 7.11 Å². The lowest BCUT2D eigenvalue weighted by Gasteiger charge is -2.33. The molecule has 5 heteroatoms. The Morgan fingerprint density at radius 2 is 2.35 bits per heavy atom. The van der Waals surface area contributed by atoms with Crippen molar-refractivity contribution in [2.24, 2.45) is 5.73 Å². The van der Waals surface area contributed by atoms with Crippen molar-refractivity contribution < 1.29 is 4.74 Å². The lowest BCUT2D eigenvalue weighted by molar-refractivity contribution is 0.379. The molecule has 0 bridgehead atoms. The van der Waals surface area contributed by atoms with Gasteiger partial charge in [0.15, 0.2) is 5.01 Å². The second-order valence-electron chi connectivity index (χ2n) is 5.07. The Hall–Kier alpha value is -1.90. The van der Waals surface area contributed by atoms with Crippen molar-refractivity contribution >= 4 is 11.3 Å². The summed E-state index contributed by atoms with van der Waals surface area (Å²) in [6.07, 6.45) is 2.39.